The Kier molecular flexibility index (Phi) is 6.91. The molecule has 2 aromatic rings. The standard InChI is InChI=1S/C27H29ClINO5S/c1-16-14-21(8-10-23(16)28)36(34,35)27-12-13-30(25(31)17-2-4-18(5-3-17)26(32)33)24(27)11-6-19-15-20(29)7-9-22(19)27/h7-10,14-15,17-18,24H,2-6,11-13H2,1H3,(H,32,33). The summed E-state index contributed by atoms with van der Waals surface area (Å²) in [5.41, 5.74) is 2.53. The van der Waals surface area contributed by atoms with E-state index in [9.17, 15) is 23.1 Å². The van der Waals surface area contributed by atoms with Gasteiger partial charge in [0.1, 0.15) is 4.75 Å². The van der Waals surface area contributed by atoms with Crippen molar-refractivity contribution in [3.05, 3.63) is 61.7 Å². The third kappa shape index (κ3) is 4.07. The smallest absolute Gasteiger partial charge is 0.306 e. The second-order valence-corrected chi connectivity index (χ2v) is 14.2. The van der Waals surface area contributed by atoms with Gasteiger partial charge in [0.25, 0.3) is 0 Å². The first-order valence-corrected chi connectivity index (χ1v) is 15.3. The zero-order valence-corrected chi connectivity index (χ0v) is 23.8. The Hall–Kier alpha value is -1.65. The van der Waals surface area contributed by atoms with Crippen LogP contribution in [-0.2, 0) is 30.6 Å². The van der Waals surface area contributed by atoms with Gasteiger partial charge in [-0.25, -0.2) is 8.42 Å². The van der Waals surface area contributed by atoms with E-state index < -0.39 is 32.5 Å². The molecule has 5 rings (SSSR count). The molecule has 2 aromatic carbocycles. The lowest BCUT2D eigenvalue weighted by molar-refractivity contribution is -0.146. The maximum Gasteiger partial charge on any atom is 0.306 e. The molecule has 1 saturated heterocycles. The van der Waals surface area contributed by atoms with Gasteiger partial charge in [-0.2, -0.15) is 0 Å². The Morgan fingerprint density at radius 3 is 2.42 bits per heavy atom. The fraction of sp³-hybridized carbons (Fsp3) is 0.481. The molecule has 2 unspecified atom stereocenters. The molecule has 1 saturated carbocycles. The van der Waals surface area contributed by atoms with Crippen molar-refractivity contribution < 1.29 is 23.1 Å². The number of benzene rings is 2. The molecular formula is C27H29ClINO5S. The average Bonchev–Trinajstić information content (AvgIpc) is 3.26. The lowest BCUT2D eigenvalue weighted by atomic mass is 9.78. The number of fused-ring (bicyclic) bond motifs is 3. The van der Waals surface area contributed by atoms with E-state index in [1.54, 1.807) is 25.1 Å². The monoisotopic (exact) mass is 641 g/mol. The number of hydrogen-bond donors (Lipinski definition) is 1. The summed E-state index contributed by atoms with van der Waals surface area (Å²) in [6, 6.07) is 10.3. The van der Waals surface area contributed by atoms with E-state index >= 15 is 0 Å². The number of sulfone groups is 1. The topological polar surface area (TPSA) is 91.8 Å². The number of nitrogens with zero attached hydrogens (tertiary/aromatic N) is 1. The predicted molar refractivity (Wildman–Crippen MR) is 146 cm³/mol. The molecule has 9 heteroatoms. The van der Waals surface area contributed by atoms with Crippen LogP contribution in [0.3, 0.4) is 0 Å². The summed E-state index contributed by atoms with van der Waals surface area (Å²) in [6.07, 6.45) is 3.66. The van der Waals surface area contributed by atoms with Crippen LogP contribution in [0.1, 0.15) is 55.2 Å². The van der Waals surface area contributed by atoms with Crippen molar-refractivity contribution in [2.45, 2.75) is 67.6 Å². The van der Waals surface area contributed by atoms with Gasteiger partial charge < -0.3 is 10.0 Å². The second-order valence-electron chi connectivity index (χ2n) is 10.3. The molecule has 1 aliphatic heterocycles. The number of aryl methyl sites for hydroxylation is 2. The first kappa shape index (κ1) is 26.0. The van der Waals surface area contributed by atoms with Gasteiger partial charge in [0.05, 0.1) is 16.9 Å². The van der Waals surface area contributed by atoms with Crippen molar-refractivity contribution in [3.63, 3.8) is 0 Å². The van der Waals surface area contributed by atoms with Gasteiger partial charge in [-0.3, -0.25) is 9.59 Å². The minimum atomic E-state index is -3.88. The highest BCUT2D eigenvalue weighted by Crippen LogP contribution is 2.53. The van der Waals surface area contributed by atoms with Crippen molar-refractivity contribution >= 4 is 55.9 Å². The third-order valence-corrected chi connectivity index (χ3v) is 12.1. The zero-order chi connectivity index (χ0) is 25.8. The molecule has 36 heavy (non-hydrogen) atoms. The molecule has 2 atom stereocenters. The van der Waals surface area contributed by atoms with Crippen molar-refractivity contribution in [1.29, 1.82) is 0 Å². The van der Waals surface area contributed by atoms with E-state index in [-0.39, 0.29) is 16.7 Å². The average molecular weight is 642 g/mol. The Labute approximate surface area is 230 Å². The summed E-state index contributed by atoms with van der Waals surface area (Å²) in [4.78, 5) is 27.2. The number of amides is 1. The molecule has 0 radical (unpaired) electrons. The van der Waals surface area contributed by atoms with Gasteiger partial charge in [0.15, 0.2) is 9.84 Å². The fourth-order valence-corrected chi connectivity index (χ4v) is 9.70. The number of likely N-dealkylation sites (tertiary alicyclic amines) is 1. The summed E-state index contributed by atoms with van der Waals surface area (Å²) in [6.45, 7) is 2.17. The van der Waals surface area contributed by atoms with E-state index in [4.69, 9.17) is 11.6 Å². The molecule has 1 heterocycles. The number of carbonyl (C=O) groups is 2. The summed E-state index contributed by atoms with van der Waals surface area (Å²) < 4.78 is 28.9. The third-order valence-electron chi connectivity index (χ3n) is 8.48. The van der Waals surface area contributed by atoms with Gasteiger partial charge >= 0.3 is 5.97 Å². The number of carbonyl (C=O) groups excluding carboxylic acids is 1. The maximum absolute atomic E-state index is 14.5. The van der Waals surface area contributed by atoms with Crippen molar-refractivity contribution in [3.8, 4) is 0 Å². The highest BCUT2D eigenvalue weighted by atomic mass is 127. The summed E-state index contributed by atoms with van der Waals surface area (Å²) in [5.74, 6) is -1.48. The number of halogens is 2. The van der Waals surface area contributed by atoms with E-state index in [1.807, 2.05) is 17.0 Å². The minimum Gasteiger partial charge on any atom is -0.481 e. The van der Waals surface area contributed by atoms with Crippen LogP contribution in [0.4, 0.5) is 0 Å². The Bertz CT molecular complexity index is 1340. The van der Waals surface area contributed by atoms with Gasteiger partial charge in [0, 0.05) is 21.1 Å². The zero-order valence-electron chi connectivity index (χ0n) is 20.0. The number of rotatable bonds is 4. The van der Waals surface area contributed by atoms with Gasteiger partial charge in [-0.15, -0.1) is 0 Å². The summed E-state index contributed by atoms with van der Waals surface area (Å²) >= 11 is 8.47. The SMILES string of the molecule is Cc1cc(S(=O)(=O)C23CCN(C(=O)C4CCC(C(=O)O)CC4)C2CCc2cc(I)ccc23)ccc1Cl. The first-order valence-electron chi connectivity index (χ1n) is 12.4. The molecule has 3 aliphatic rings. The molecule has 1 N–H and O–H groups in total. The van der Waals surface area contributed by atoms with Crippen LogP contribution in [0, 0.1) is 22.3 Å². The molecule has 1 amide bonds. The van der Waals surface area contributed by atoms with Crippen molar-refractivity contribution in [1.82, 2.24) is 4.90 Å². The molecule has 2 fully saturated rings. The van der Waals surface area contributed by atoms with Gasteiger partial charge in [-0.1, -0.05) is 17.7 Å². The summed E-state index contributed by atoms with van der Waals surface area (Å²) in [7, 11) is -3.88. The van der Waals surface area contributed by atoms with Crippen LogP contribution in [0.5, 0.6) is 0 Å². The normalized spacial score (nSPS) is 27.9. The van der Waals surface area contributed by atoms with Crippen LogP contribution < -0.4 is 0 Å². The number of carboxylic acids is 1. The molecule has 6 nitrogen and oxygen atoms in total. The van der Waals surface area contributed by atoms with Crippen LogP contribution in [0.2, 0.25) is 5.02 Å². The van der Waals surface area contributed by atoms with Crippen molar-refractivity contribution in [2.75, 3.05) is 6.54 Å². The summed E-state index contributed by atoms with van der Waals surface area (Å²) in [5, 5.41) is 9.85. The predicted octanol–water partition coefficient (Wildman–Crippen LogP) is 5.36. The Balaban J connectivity index is 1.56. The quantitative estimate of drug-likeness (QED) is 0.454. The number of aliphatic carboxylic acids is 1. The molecule has 0 bridgehead atoms. The first-order chi connectivity index (χ1) is 17.1. The molecular weight excluding hydrogens is 613 g/mol. The molecule has 2 aliphatic carbocycles. The van der Waals surface area contributed by atoms with Crippen molar-refractivity contribution in [2.24, 2.45) is 11.8 Å². The van der Waals surface area contributed by atoms with E-state index in [0.29, 0.717) is 62.1 Å². The fourth-order valence-electron chi connectivity index (χ4n) is 6.58. The minimum absolute atomic E-state index is 0.0258. The van der Waals surface area contributed by atoms with E-state index in [1.165, 1.54) is 0 Å². The molecule has 0 aromatic heterocycles. The largest absolute Gasteiger partial charge is 0.481 e. The number of carboxylic acid groups (broad SMARTS) is 1. The molecule has 0 spiro atoms. The van der Waals surface area contributed by atoms with E-state index in [2.05, 4.69) is 28.7 Å². The highest BCUT2D eigenvalue weighted by Gasteiger charge is 2.61. The maximum atomic E-state index is 14.5. The van der Waals surface area contributed by atoms with Gasteiger partial charge in [-0.05, 0) is 121 Å². The lowest BCUT2D eigenvalue weighted by Crippen LogP contribution is -2.53. The Morgan fingerprint density at radius 2 is 1.75 bits per heavy atom. The van der Waals surface area contributed by atoms with Crippen LogP contribution in [0.25, 0.3) is 0 Å². The van der Waals surface area contributed by atoms with Crippen LogP contribution in [0.15, 0.2) is 41.3 Å². The van der Waals surface area contributed by atoms with E-state index in [0.717, 1.165) is 14.7 Å². The van der Waals surface area contributed by atoms with Crippen LogP contribution >= 0.6 is 34.2 Å². The second kappa shape index (κ2) is 9.58. The Morgan fingerprint density at radius 1 is 1.06 bits per heavy atom. The highest BCUT2D eigenvalue weighted by molar-refractivity contribution is 14.1. The lowest BCUT2D eigenvalue weighted by Gasteiger charge is -2.43. The van der Waals surface area contributed by atoms with Gasteiger partial charge in [0.2, 0.25) is 5.91 Å². The molecule has 192 valence electrons. The van der Waals surface area contributed by atoms with Crippen LogP contribution in [-0.4, -0.2) is 42.9 Å². The number of hydrogen-bond acceptors (Lipinski definition) is 4.